The van der Waals surface area contributed by atoms with E-state index in [4.69, 9.17) is 10.7 Å². The third kappa shape index (κ3) is 3.77. The summed E-state index contributed by atoms with van der Waals surface area (Å²) in [6.45, 7) is 0. The van der Waals surface area contributed by atoms with E-state index in [1.54, 1.807) is 30.8 Å². The zero-order valence-electron chi connectivity index (χ0n) is 17.0. The lowest BCUT2D eigenvalue weighted by molar-refractivity contribution is 0.0953. The fraction of sp³-hybridized carbons (Fsp3) is 0.217. The zero-order valence-corrected chi connectivity index (χ0v) is 18.6. The van der Waals surface area contributed by atoms with E-state index in [0.29, 0.717) is 5.25 Å². The molecule has 5 rings (SSSR count). The molecule has 1 aliphatic carbocycles. The SMILES string of the molecule is CNC(=O)c1ncc(-c2cc(-c3ccccc3)c3c(N)c(SC4CCC4)sc3n2)cn1. The summed E-state index contributed by atoms with van der Waals surface area (Å²) in [6, 6.07) is 12.3. The lowest BCUT2D eigenvalue weighted by Crippen LogP contribution is -2.20. The number of nitrogens with zero attached hydrogens (tertiary/aromatic N) is 3. The monoisotopic (exact) mass is 447 g/mol. The third-order valence-electron chi connectivity index (χ3n) is 5.45. The highest BCUT2D eigenvalue weighted by Crippen LogP contribution is 2.48. The van der Waals surface area contributed by atoms with E-state index in [9.17, 15) is 4.79 Å². The largest absolute Gasteiger partial charge is 0.397 e. The van der Waals surface area contributed by atoms with Crippen LogP contribution in [0.2, 0.25) is 0 Å². The van der Waals surface area contributed by atoms with Gasteiger partial charge in [-0.1, -0.05) is 36.8 Å². The van der Waals surface area contributed by atoms with E-state index in [1.165, 1.54) is 19.3 Å². The number of benzene rings is 1. The number of amides is 1. The molecule has 1 aromatic carbocycles. The van der Waals surface area contributed by atoms with Crippen molar-refractivity contribution in [1.29, 1.82) is 0 Å². The Labute approximate surface area is 188 Å². The van der Waals surface area contributed by atoms with Crippen molar-refractivity contribution < 1.29 is 4.79 Å². The first kappa shape index (κ1) is 20.0. The van der Waals surface area contributed by atoms with Crippen LogP contribution in [0.3, 0.4) is 0 Å². The predicted molar refractivity (Wildman–Crippen MR) is 127 cm³/mol. The molecule has 4 aromatic rings. The summed E-state index contributed by atoms with van der Waals surface area (Å²) in [6.07, 6.45) is 7.07. The number of hydrogen-bond acceptors (Lipinski definition) is 7. The normalized spacial score (nSPS) is 13.8. The average molecular weight is 448 g/mol. The second kappa shape index (κ2) is 8.28. The number of thiophene rings is 1. The van der Waals surface area contributed by atoms with Crippen molar-refractivity contribution in [2.45, 2.75) is 28.7 Å². The van der Waals surface area contributed by atoms with Crippen molar-refractivity contribution in [2.75, 3.05) is 12.8 Å². The number of carbonyl (C=O) groups excluding carboxylic acids is 1. The van der Waals surface area contributed by atoms with Crippen LogP contribution in [0.25, 0.3) is 32.6 Å². The Kier molecular flexibility index (Phi) is 5.33. The van der Waals surface area contributed by atoms with E-state index < -0.39 is 0 Å². The van der Waals surface area contributed by atoms with E-state index in [-0.39, 0.29) is 11.7 Å². The molecule has 3 heterocycles. The van der Waals surface area contributed by atoms with Gasteiger partial charge >= 0.3 is 0 Å². The van der Waals surface area contributed by atoms with Crippen LogP contribution in [0.15, 0.2) is 53.0 Å². The van der Waals surface area contributed by atoms with Crippen LogP contribution >= 0.6 is 23.1 Å². The highest BCUT2D eigenvalue weighted by atomic mass is 32.2. The van der Waals surface area contributed by atoms with Gasteiger partial charge in [-0.05, 0) is 30.0 Å². The summed E-state index contributed by atoms with van der Waals surface area (Å²) >= 11 is 3.53. The molecule has 0 unspecified atom stereocenters. The molecular weight excluding hydrogens is 426 g/mol. The summed E-state index contributed by atoms with van der Waals surface area (Å²) in [5.41, 5.74) is 11.1. The fourth-order valence-corrected chi connectivity index (χ4v) is 6.30. The minimum atomic E-state index is -0.316. The molecule has 1 fully saturated rings. The Balaban J connectivity index is 1.65. The van der Waals surface area contributed by atoms with Crippen molar-refractivity contribution in [1.82, 2.24) is 20.3 Å². The summed E-state index contributed by atoms with van der Waals surface area (Å²) in [5.74, 6) is -0.182. The van der Waals surface area contributed by atoms with Crippen molar-refractivity contribution >= 4 is 44.9 Å². The molecule has 0 spiro atoms. The Morgan fingerprint density at radius 1 is 1.16 bits per heavy atom. The molecule has 1 amide bonds. The number of hydrogen-bond donors (Lipinski definition) is 2. The van der Waals surface area contributed by atoms with E-state index >= 15 is 0 Å². The predicted octanol–water partition coefficient (Wildman–Crippen LogP) is 5.01. The second-order valence-electron chi connectivity index (χ2n) is 7.45. The molecule has 3 N–H and O–H groups in total. The quantitative estimate of drug-likeness (QED) is 0.447. The van der Waals surface area contributed by atoms with Gasteiger partial charge in [0.25, 0.3) is 5.91 Å². The molecule has 1 saturated carbocycles. The van der Waals surface area contributed by atoms with Gasteiger partial charge in [-0.2, -0.15) is 0 Å². The Morgan fingerprint density at radius 3 is 2.55 bits per heavy atom. The van der Waals surface area contributed by atoms with Crippen LogP contribution in [0.4, 0.5) is 5.69 Å². The third-order valence-corrected chi connectivity index (χ3v) is 8.12. The van der Waals surface area contributed by atoms with Gasteiger partial charge in [0.1, 0.15) is 4.83 Å². The van der Waals surface area contributed by atoms with Crippen LogP contribution in [-0.2, 0) is 0 Å². The lowest BCUT2D eigenvalue weighted by atomic mass is 10.00. The molecule has 156 valence electrons. The molecule has 1 aliphatic rings. The summed E-state index contributed by atoms with van der Waals surface area (Å²) < 4.78 is 1.15. The number of rotatable bonds is 5. The van der Waals surface area contributed by atoms with E-state index in [2.05, 4.69) is 27.4 Å². The van der Waals surface area contributed by atoms with Crippen molar-refractivity contribution in [3.63, 3.8) is 0 Å². The molecule has 3 aromatic heterocycles. The molecular formula is C23H21N5OS2. The van der Waals surface area contributed by atoms with Crippen LogP contribution in [-0.4, -0.2) is 33.2 Å². The first-order valence-corrected chi connectivity index (χ1v) is 11.8. The number of anilines is 1. The second-order valence-corrected chi connectivity index (χ2v) is 10.0. The van der Waals surface area contributed by atoms with Crippen molar-refractivity contribution in [2.24, 2.45) is 0 Å². The van der Waals surface area contributed by atoms with Crippen LogP contribution in [0, 0.1) is 0 Å². The van der Waals surface area contributed by atoms with Gasteiger partial charge in [0, 0.05) is 35.6 Å². The zero-order chi connectivity index (χ0) is 21.4. The Bertz CT molecular complexity index is 1250. The molecule has 0 aliphatic heterocycles. The fourth-order valence-electron chi connectivity index (χ4n) is 3.51. The molecule has 0 radical (unpaired) electrons. The van der Waals surface area contributed by atoms with Gasteiger partial charge in [-0.25, -0.2) is 15.0 Å². The number of nitrogen functional groups attached to an aromatic ring is 1. The first-order chi connectivity index (χ1) is 15.1. The number of nitrogens with one attached hydrogen (secondary N) is 1. The number of carbonyl (C=O) groups is 1. The van der Waals surface area contributed by atoms with Gasteiger partial charge in [-0.15, -0.1) is 23.1 Å². The summed E-state index contributed by atoms with van der Waals surface area (Å²) in [4.78, 5) is 26.0. The highest BCUT2D eigenvalue weighted by Gasteiger charge is 2.24. The molecule has 6 nitrogen and oxygen atoms in total. The van der Waals surface area contributed by atoms with Crippen LogP contribution < -0.4 is 11.1 Å². The topological polar surface area (TPSA) is 93.8 Å². The first-order valence-electron chi connectivity index (χ1n) is 10.1. The Hall–Kier alpha value is -2.97. The van der Waals surface area contributed by atoms with Crippen molar-refractivity contribution in [3.8, 4) is 22.4 Å². The van der Waals surface area contributed by atoms with Gasteiger partial charge in [0.15, 0.2) is 0 Å². The number of aromatic nitrogens is 3. The lowest BCUT2D eigenvalue weighted by Gasteiger charge is -2.23. The minimum absolute atomic E-state index is 0.134. The van der Waals surface area contributed by atoms with Crippen molar-refractivity contribution in [3.05, 3.63) is 54.6 Å². The molecule has 0 bridgehead atoms. The van der Waals surface area contributed by atoms with Gasteiger partial charge < -0.3 is 11.1 Å². The maximum Gasteiger partial charge on any atom is 0.288 e. The molecule has 0 atom stereocenters. The molecule has 8 heteroatoms. The summed E-state index contributed by atoms with van der Waals surface area (Å²) in [7, 11) is 1.56. The van der Waals surface area contributed by atoms with Gasteiger partial charge in [-0.3, -0.25) is 4.79 Å². The van der Waals surface area contributed by atoms with E-state index in [0.717, 1.165) is 42.5 Å². The number of nitrogens with two attached hydrogens (primary N) is 1. The molecule has 31 heavy (non-hydrogen) atoms. The minimum Gasteiger partial charge on any atom is -0.397 e. The average Bonchev–Trinajstić information content (AvgIpc) is 3.11. The van der Waals surface area contributed by atoms with E-state index in [1.807, 2.05) is 36.0 Å². The number of pyridine rings is 1. The number of thioether (sulfide) groups is 1. The standard InChI is InChI=1S/C23H21N5OS2/c1-25-21(29)20-26-11-14(12-27-20)17-10-16(13-6-3-2-4-7-13)18-19(24)23(31-22(18)28-17)30-15-8-5-9-15/h2-4,6-7,10-12,15H,5,8-9,24H2,1H3,(H,25,29). The molecule has 0 saturated heterocycles. The smallest absolute Gasteiger partial charge is 0.288 e. The summed E-state index contributed by atoms with van der Waals surface area (Å²) in [5, 5.41) is 4.19. The Morgan fingerprint density at radius 2 is 1.90 bits per heavy atom. The number of fused-ring (bicyclic) bond motifs is 1. The van der Waals surface area contributed by atoms with Crippen LogP contribution in [0.5, 0.6) is 0 Å². The highest BCUT2D eigenvalue weighted by molar-refractivity contribution is 8.02. The van der Waals surface area contributed by atoms with Gasteiger partial charge in [0.05, 0.1) is 15.6 Å². The maximum atomic E-state index is 11.8. The van der Waals surface area contributed by atoms with Crippen LogP contribution in [0.1, 0.15) is 29.9 Å². The van der Waals surface area contributed by atoms with Gasteiger partial charge in [0.2, 0.25) is 5.82 Å². The maximum absolute atomic E-state index is 11.8.